The number of rotatable bonds is 7. The number of hydrogen-bond donors (Lipinski definition) is 1. The highest BCUT2D eigenvalue weighted by molar-refractivity contribution is 5.82. The Morgan fingerprint density at radius 3 is 2.58 bits per heavy atom. The molecule has 24 heavy (non-hydrogen) atoms. The Kier molecular flexibility index (Phi) is 5.57. The molecule has 2 atom stereocenters. The van der Waals surface area contributed by atoms with E-state index in [9.17, 15) is 4.79 Å². The Morgan fingerprint density at radius 1 is 1.25 bits per heavy atom. The number of carbonyl (C=O) groups excluding carboxylic acids is 1. The quantitative estimate of drug-likeness (QED) is 0.836. The number of nitrogens with zero attached hydrogens (tertiary/aromatic N) is 2. The van der Waals surface area contributed by atoms with Crippen LogP contribution in [0.15, 0.2) is 30.3 Å². The van der Waals surface area contributed by atoms with Crippen molar-refractivity contribution in [3.05, 3.63) is 35.9 Å². The molecule has 2 N–H and O–H groups in total. The van der Waals surface area contributed by atoms with E-state index >= 15 is 0 Å². The van der Waals surface area contributed by atoms with Crippen LogP contribution in [0, 0.1) is 11.8 Å². The summed E-state index contributed by atoms with van der Waals surface area (Å²) in [6, 6.07) is 10.7. The molecule has 1 amide bonds. The standard InChI is InChI=1S/C20H31N3O/c1-15(2)19(21)20(24)23(18-8-9-18)14-17-10-11-22(13-17)12-16-6-4-3-5-7-16/h3-7,15,17-19H,8-14,21H2,1-2H3/t17-,19-/m0/s1. The van der Waals surface area contributed by atoms with Gasteiger partial charge in [0.05, 0.1) is 6.04 Å². The van der Waals surface area contributed by atoms with E-state index in [-0.39, 0.29) is 17.9 Å². The summed E-state index contributed by atoms with van der Waals surface area (Å²) >= 11 is 0. The number of nitrogens with two attached hydrogens (primary N) is 1. The zero-order valence-corrected chi connectivity index (χ0v) is 15.0. The summed E-state index contributed by atoms with van der Waals surface area (Å²) in [6.07, 6.45) is 3.48. The Labute approximate surface area is 146 Å². The molecular weight excluding hydrogens is 298 g/mol. The summed E-state index contributed by atoms with van der Waals surface area (Å²) in [7, 11) is 0. The smallest absolute Gasteiger partial charge is 0.240 e. The van der Waals surface area contributed by atoms with Gasteiger partial charge < -0.3 is 10.6 Å². The molecule has 1 aliphatic heterocycles. The Balaban J connectivity index is 1.54. The summed E-state index contributed by atoms with van der Waals surface area (Å²) in [5.74, 6) is 0.948. The number of likely N-dealkylation sites (tertiary alicyclic amines) is 1. The van der Waals surface area contributed by atoms with Gasteiger partial charge in [-0.3, -0.25) is 9.69 Å². The molecule has 0 aromatic heterocycles. The summed E-state index contributed by atoms with van der Waals surface area (Å²) in [4.78, 5) is 17.3. The van der Waals surface area contributed by atoms with Crippen molar-refractivity contribution in [2.75, 3.05) is 19.6 Å². The molecule has 1 aliphatic carbocycles. The zero-order valence-electron chi connectivity index (χ0n) is 15.0. The summed E-state index contributed by atoms with van der Waals surface area (Å²) in [6.45, 7) is 8.18. The SMILES string of the molecule is CC(C)[C@H](N)C(=O)N(C[C@H]1CCN(Cc2ccccc2)C1)C1CC1. The van der Waals surface area contributed by atoms with E-state index < -0.39 is 0 Å². The van der Waals surface area contributed by atoms with Crippen LogP contribution in [0.4, 0.5) is 0 Å². The van der Waals surface area contributed by atoms with Gasteiger partial charge in [0.25, 0.3) is 0 Å². The number of hydrogen-bond acceptors (Lipinski definition) is 3. The van der Waals surface area contributed by atoms with E-state index in [1.165, 1.54) is 12.0 Å². The first-order chi connectivity index (χ1) is 11.5. The summed E-state index contributed by atoms with van der Waals surface area (Å²) < 4.78 is 0. The van der Waals surface area contributed by atoms with Gasteiger partial charge in [0.1, 0.15) is 0 Å². The fourth-order valence-corrected chi connectivity index (χ4v) is 3.61. The van der Waals surface area contributed by atoms with Crippen molar-refractivity contribution in [1.29, 1.82) is 0 Å². The van der Waals surface area contributed by atoms with Crippen molar-refractivity contribution in [2.45, 2.75) is 51.7 Å². The van der Waals surface area contributed by atoms with Crippen LogP contribution in [0.3, 0.4) is 0 Å². The molecule has 2 fully saturated rings. The molecule has 1 aromatic carbocycles. The van der Waals surface area contributed by atoms with Crippen molar-refractivity contribution in [3.8, 4) is 0 Å². The highest BCUT2D eigenvalue weighted by Gasteiger charge is 2.37. The average molecular weight is 329 g/mol. The van der Waals surface area contributed by atoms with Crippen LogP contribution in [-0.2, 0) is 11.3 Å². The largest absolute Gasteiger partial charge is 0.338 e. The lowest BCUT2D eigenvalue weighted by molar-refractivity contribution is -0.134. The zero-order chi connectivity index (χ0) is 17.1. The highest BCUT2D eigenvalue weighted by atomic mass is 16.2. The van der Waals surface area contributed by atoms with Gasteiger partial charge in [0.2, 0.25) is 5.91 Å². The normalized spacial score (nSPS) is 22.8. The average Bonchev–Trinajstić information content (AvgIpc) is 3.33. The first kappa shape index (κ1) is 17.4. The van der Waals surface area contributed by atoms with Crippen LogP contribution in [0.5, 0.6) is 0 Å². The van der Waals surface area contributed by atoms with E-state index in [0.29, 0.717) is 12.0 Å². The second-order valence-corrected chi connectivity index (χ2v) is 7.87. The van der Waals surface area contributed by atoms with Crippen LogP contribution in [0.1, 0.15) is 38.7 Å². The van der Waals surface area contributed by atoms with Gasteiger partial charge in [-0.2, -0.15) is 0 Å². The van der Waals surface area contributed by atoms with Gasteiger partial charge in [-0.05, 0) is 43.2 Å². The van der Waals surface area contributed by atoms with Gasteiger partial charge >= 0.3 is 0 Å². The van der Waals surface area contributed by atoms with E-state index in [4.69, 9.17) is 5.73 Å². The lowest BCUT2D eigenvalue weighted by Crippen LogP contribution is -2.49. The second kappa shape index (κ2) is 7.66. The highest BCUT2D eigenvalue weighted by Crippen LogP contribution is 2.30. The topological polar surface area (TPSA) is 49.6 Å². The third-order valence-electron chi connectivity index (χ3n) is 5.35. The molecule has 3 rings (SSSR count). The molecule has 0 bridgehead atoms. The van der Waals surface area contributed by atoms with Gasteiger partial charge in [-0.15, -0.1) is 0 Å². The van der Waals surface area contributed by atoms with Crippen LogP contribution in [0.25, 0.3) is 0 Å². The van der Waals surface area contributed by atoms with Crippen LogP contribution < -0.4 is 5.73 Å². The van der Waals surface area contributed by atoms with Crippen LogP contribution >= 0.6 is 0 Å². The number of carbonyl (C=O) groups is 1. The molecule has 1 saturated heterocycles. The van der Waals surface area contributed by atoms with Crippen molar-refractivity contribution in [1.82, 2.24) is 9.80 Å². The van der Waals surface area contributed by atoms with E-state index in [1.54, 1.807) is 0 Å². The van der Waals surface area contributed by atoms with Crippen molar-refractivity contribution in [2.24, 2.45) is 17.6 Å². The molecule has 1 aromatic rings. The molecule has 1 saturated carbocycles. The molecule has 0 spiro atoms. The first-order valence-corrected chi connectivity index (χ1v) is 9.37. The fourth-order valence-electron chi connectivity index (χ4n) is 3.61. The molecule has 0 radical (unpaired) electrons. The molecule has 132 valence electrons. The van der Waals surface area contributed by atoms with E-state index in [2.05, 4.69) is 40.1 Å². The van der Waals surface area contributed by atoms with Gasteiger partial charge in [-0.1, -0.05) is 44.2 Å². The maximum absolute atomic E-state index is 12.7. The van der Waals surface area contributed by atoms with Gasteiger partial charge in [0.15, 0.2) is 0 Å². The number of benzene rings is 1. The molecular formula is C20H31N3O. The second-order valence-electron chi connectivity index (χ2n) is 7.87. The van der Waals surface area contributed by atoms with Crippen molar-refractivity contribution in [3.63, 3.8) is 0 Å². The fraction of sp³-hybridized carbons (Fsp3) is 0.650. The summed E-state index contributed by atoms with van der Waals surface area (Å²) in [5.41, 5.74) is 7.50. The van der Waals surface area contributed by atoms with Crippen molar-refractivity contribution < 1.29 is 4.79 Å². The molecule has 2 aliphatic rings. The molecule has 1 heterocycles. The van der Waals surface area contributed by atoms with Gasteiger partial charge in [0, 0.05) is 25.7 Å². The Morgan fingerprint density at radius 2 is 1.96 bits per heavy atom. The Hall–Kier alpha value is -1.39. The Bertz CT molecular complexity index is 541. The predicted molar refractivity (Wildman–Crippen MR) is 97.4 cm³/mol. The molecule has 4 nitrogen and oxygen atoms in total. The maximum atomic E-state index is 12.7. The minimum atomic E-state index is -0.354. The minimum Gasteiger partial charge on any atom is -0.338 e. The first-order valence-electron chi connectivity index (χ1n) is 9.37. The van der Waals surface area contributed by atoms with Gasteiger partial charge in [-0.25, -0.2) is 0 Å². The van der Waals surface area contributed by atoms with Crippen LogP contribution in [-0.4, -0.2) is 47.4 Å². The van der Waals surface area contributed by atoms with Crippen molar-refractivity contribution >= 4 is 5.91 Å². The number of amides is 1. The lowest BCUT2D eigenvalue weighted by Gasteiger charge is -2.29. The van der Waals surface area contributed by atoms with Crippen LogP contribution in [0.2, 0.25) is 0 Å². The third-order valence-corrected chi connectivity index (χ3v) is 5.35. The molecule has 0 unspecified atom stereocenters. The predicted octanol–water partition coefficient (Wildman–Crippen LogP) is 2.48. The lowest BCUT2D eigenvalue weighted by atomic mass is 10.0. The monoisotopic (exact) mass is 329 g/mol. The molecule has 4 heteroatoms. The summed E-state index contributed by atoms with van der Waals surface area (Å²) in [5, 5.41) is 0. The third kappa shape index (κ3) is 4.37. The maximum Gasteiger partial charge on any atom is 0.240 e. The van der Waals surface area contributed by atoms with E-state index in [1.807, 2.05) is 13.8 Å². The minimum absolute atomic E-state index is 0.161. The van der Waals surface area contributed by atoms with E-state index in [0.717, 1.165) is 39.0 Å².